The number of thioether (sulfide) groups is 1. The van der Waals surface area contributed by atoms with Crippen LogP contribution in [0.15, 0.2) is 34.8 Å². The molecular formula is C21H26N4O2S2. The molecule has 0 aliphatic rings. The van der Waals surface area contributed by atoms with Crippen LogP contribution < -0.4 is 10.1 Å². The summed E-state index contributed by atoms with van der Waals surface area (Å²) < 4.78 is 7.52. The van der Waals surface area contributed by atoms with Gasteiger partial charge in [0.1, 0.15) is 5.75 Å². The lowest BCUT2D eigenvalue weighted by molar-refractivity contribution is -0.113. The molecule has 1 aromatic carbocycles. The highest BCUT2D eigenvalue weighted by molar-refractivity contribution is 7.99. The van der Waals surface area contributed by atoms with E-state index in [2.05, 4.69) is 53.2 Å². The lowest BCUT2D eigenvalue weighted by Gasteiger charge is -2.13. The zero-order valence-electron chi connectivity index (χ0n) is 17.4. The average molecular weight is 431 g/mol. The average Bonchev–Trinajstić information content (AvgIpc) is 3.25. The number of rotatable bonds is 8. The van der Waals surface area contributed by atoms with Crippen molar-refractivity contribution >= 4 is 34.7 Å². The number of nitrogens with zero attached hydrogens (tertiary/aromatic N) is 3. The molecule has 3 aromatic rings. The van der Waals surface area contributed by atoms with E-state index in [1.165, 1.54) is 22.2 Å². The van der Waals surface area contributed by atoms with E-state index in [1.807, 2.05) is 31.2 Å². The van der Waals surface area contributed by atoms with E-state index in [1.54, 1.807) is 11.3 Å². The smallest absolute Gasteiger partial charge is 0.234 e. The molecule has 6 nitrogen and oxygen atoms in total. The van der Waals surface area contributed by atoms with Crippen LogP contribution in [-0.4, -0.2) is 33.0 Å². The minimum absolute atomic E-state index is 0.0819. The van der Waals surface area contributed by atoms with Gasteiger partial charge in [0.05, 0.1) is 12.4 Å². The fourth-order valence-electron chi connectivity index (χ4n) is 2.89. The second-order valence-electron chi connectivity index (χ2n) is 6.89. The summed E-state index contributed by atoms with van der Waals surface area (Å²) in [5.74, 6) is 1.83. The van der Waals surface area contributed by atoms with E-state index in [9.17, 15) is 4.79 Å². The van der Waals surface area contributed by atoms with E-state index in [4.69, 9.17) is 4.74 Å². The van der Waals surface area contributed by atoms with E-state index < -0.39 is 0 Å². The number of hydrogen-bond donors (Lipinski definition) is 1. The van der Waals surface area contributed by atoms with Crippen LogP contribution in [0.25, 0.3) is 11.4 Å². The van der Waals surface area contributed by atoms with Crippen molar-refractivity contribution in [2.24, 2.45) is 0 Å². The topological polar surface area (TPSA) is 69.0 Å². The summed E-state index contributed by atoms with van der Waals surface area (Å²) in [7, 11) is 0. The van der Waals surface area contributed by atoms with Crippen molar-refractivity contribution in [1.29, 1.82) is 0 Å². The number of carbonyl (C=O) groups is 1. The molecule has 0 aliphatic heterocycles. The van der Waals surface area contributed by atoms with Crippen LogP contribution in [0.4, 0.5) is 5.69 Å². The zero-order chi connectivity index (χ0) is 21.0. The van der Waals surface area contributed by atoms with Crippen LogP contribution in [0, 0.1) is 13.8 Å². The number of aromatic nitrogens is 3. The molecule has 0 radical (unpaired) electrons. The van der Waals surface area contributed by atoms with Crippen LogP contribution in [0.2, 0.25) is 0 Å². The molecule has 0 spiro atoms. The Morgan fingerprint density at radius 1 is 1.24 bits per heavy atom. The summed E-state index contributed by atoms with van der Waals surface area (Å²) in [6, 6.07) is 7.56. The number of thiophene rings is 1. The molecule has 0 bridgehead atoms. The van der Waals surface area contributed by atoms with E-state index in [-0.39, 0.29) is 17.7 Å². The molecule has 2 heterocycles. The van der Waals surface area contributed by atoms with Crippen molar-refractivity contribution in [3.05, 3.63) is 40.1 Å². The Morgan fingerprint density at radius 3 is 2.55 bits per heavy atom. The summed E-state index contributed by atoms with van der Waals surface area (Å²) in [5, 5.41) is 14.6. The van der Waals surface area contributed by atoms with Gasteiger partial charge in [-0.3, -0.25) is 9.36 Å². The Labute approximate surface area is 179 Å². The van der Waals surface area contributed by atoms with E-state index in [0.29, 0.717) is 6.61 Å². The Bertz CT molecular complexity index is 977. The fourth-order valence-corrected chi connectivity index (χ4v) is 4.62. The molecule has 3 rings (SSSR count). The third-order valence-corrected chi connectivity index (χ3v) is 6.45. The maximum atomic E-state index is 12.4. The summed E-state index contributed by atoms with van der Waals surface area (Å²) in [5.41, 5.74) is 3.09. The van der Waals surface area contributed by atoms with Gasteiger partial charge in [0.2, 0.25) is 5.91 Å². The first-order valence-corrected chi connectivity index (χ1v) is 11.4. The number of anilines is 1. The minimum Gasteiger partial charge on any atom is -0.494 e. The Balaban J connectivity index is 1.68. The lowest BCUT2D eigenvalue weighted by atomic mass is 10.1. The fraction of sp³-hybridized carbons (Fsp3) is 0.381. The molecule has 0 saturated carbocycles. The van der Waals surface area contributed by atoms with Crippen molar-refractivity contribution in [3.63, 3.8) is 0 Å². The second kappa shape index (κ2) is 9.45. The standard InChI is InChI=1S/C21H26N4O2S2/c1-6-27-17-9-7-16(8-10-17)22-19(26)12-29-21-24-23-20(25(21)13(2)3)18-11-28-15(5)14(18)4/h7-11,13H,6,12H2,1-5H3,(H,22,26). The molecule has 0 aliphatic carbocycles. The number of carbonyl (C=O) groups excluding carboxylic acids is 1. The van der Waals surface area contributed by atoms with Gasteiger partial charge >= 0.3 is 0 Å². The first kappa shape index (κ1) is 21.4. The molecule has 0 atom stereocenters. The second-order valence-corrected chi connectivity index (χ2v) is 8.92. The van der Waals surface area contributed by atoms with Crippen molar-refractivity contribution in [2.45, 2.75) is 45.8 Å². The van der Waals surface area contributed by atoms with Crippen molar-refractivity contribution in [1.82, 2.24) is 14.8 Å². The van der Waals surface area contributed by atoms with Crippen LogP contribution >= 0.6 is 23.1 Å². The third kappa shape index (κ3) is 5.00. The Morgan fingerprint density at radius 2 is 1.97 bits per heavy atom. The monoisotopic (exact) mass is 430 g/mol. The minimum atomic E-state index is -0.0819. The predicted molar refractivity (Wildman–Crippen MR) is 120 cm³/mol. The predicted octanol–water partition coefficient (Wildman–Crippen LogP) is 5.33. The molecule has 2 aromatic heterocycles. The summed E-state index contributed by atoms with van der Waals surface area (Å²) in [4.78, 5) is 13.7. The number of aryl methyl sites for hydroxylation is 1. The maximum Gasteiger partial charge on any atom is 0.234 e. The first-order valence-electron chi connectivity index (χ1n) is 9.56. The molecule has 8 heteroatoms. The lowest BCUT2D eigenvalue weighted by Crippen LogP contribution is -2.15. The molecule has 0 fully saturated rings. The molecule has 0 saturated heterocycles. The van der Waals surface area contributed by atoms with Gasteiger partial charge in [0, 0.05) is 27.5 Å². The first-order chi connectivity index (χ1) is 13.9. The van der Waals surface area contributed by atoms with E-state index in [0.717, 1.165) is 28.0 Å². The summed E-state index contributed by atoms with van der Waals surface area (Å²) in [6.07, 6.45) is 0. The summed E-state index contributed by atoms with van der Waals surface area (Å²) in [6.45, 7) is 11.0. The molecule has 154 valence electrons. The number of nitrogens with one attached hydrogen (secondary N) is 1. The van der Waals surface area contributed by atoms with Gasteiger partial charge in [-0.1, -0.05) is 11.8 Å². The van der Waals surface area contributed by atoms with Crippen LogP contribution in [0.1, 0.15) is 37.3 Å². The highest BCUT2D eigenvalue weighted by atomic mass is 32.2. The van der Waals surface area contributed by atoms with Crippen LogP contribution in [0.3, 0.4) is 0 Å². The Kier molecular flexibility index (Phi) is 6.97. The molecular weight excluding hydrogens is 404 g/mol. The van der Waals surface area contributed by atoms with Gasteiger partial charge in [-0.05, 0) is 64.4 Å². The van der Waals surface area contributed by atoms with E-state index >= 15 is 0 Å². The van der Waals surface area contributed by atoms with Crippen LogP contribution in [0.5, 0.6) is 5.75 Å². The number of benzene rings is 1. The van der Waals surface area contributed by atoms with Crippen molar-refractivity contribution in [3.8, 4) is 17.1 Å². The van der Waals surface area contributed by atoms with Gasteiger partial charge in [0.15, 0.2) is 11.0 Å². The van der Waals surface area contributed by atoms with Gasteiger partial charge < -0.3 is 10.1 Å². The molecule has 1 amide bonds. The van der Waals surface area contributed by atoms with Crippen LogP contribution in [-0.2, 0) is 4.79 Å². The SMILES string of the molecule is CCOc1ccc(NC(=O)CSc2nnc(-c3csc(C)c3C)n2C(C)C)cc1. The maximum absolute atomic E-state index is 12.4. The van der Waals surface area contributed by atoms with Gasteiger partial charge in [-0.2, -0.15) is 0 Å². The normalized spacial score (nSPS) is 11.1. The summed E-state index contributed by atoms with van der Waals surface area (Å²) >= 11 is 3.12. The number of amides is 1. The zero-order valence-corrected chi connectivity index (χ0v) is 19.0. The van der Waals surface area contributed by atoms with Gasteiger partial charge in [-0.15, -0.1) is 21.5 Å². The van der Waals surface area contributed by atoms with Crippen molar-refractivity contribution in [2.75, 3.05) is 17.7 Å². The number of hydrogen-bond acceptors (Lipinski definition) is 6. The number of ether oxygens (including phenoxy) is 1. The third-order valence-electron chi connectivity index (χ3n) is 4.49. The van der Waals surface area contributed by atoms with Gasteiger partial charge in [0.25, 0.3) is 0 Å². The largest absolute Gasteiger partial charge is 0.494 e. The molecule has 29 heavy (non-hydrogen) atoms. The Hall–Kier alpha value is -2.32. The molecule has 1 N–H and O–H groups in total. The highest BCUT2D eigenvalue weighted by Crippen LogP contribution is 2.33. The van der Waals surface area contributed by atoms with Gasteiger partial charge in [-0.25, -0.2) is 0 Å². The quantitative estimate of drug-likeness (QED) is 0.489. The molecule has 0 unspecified atom stereocenters. The van der Waals surface area contributed by atoms with Crippen molar-refractivity contribution < 1.29 is 9.53 Å². The highest BCUT2D eigenvalue weighted by Gasteiger charge is 2.20.